The minimum atomic E-state index is 0.101. The average Bonchev–Trinajstić information content (AvgIpc) is 3.59. The Labute approximate surface area is 188 Å². The van der Waals surface area contributed by atoms with E-state index in [1.807, 2.05) is 64.2 Å². The summed E-state index contributed by atoms with van der Waals surface area (Å²) in [4.78, 5) is 17.8. The summed E-state index contributed by atoms with van der Waals surface area (Å²) in [6, 6.07) is 17.8. The van der Waals surface area contributed by atoms with E-state index in [4.69, 9.17) is 9.47 Å². The maximum atomic E-state index is 13.4. The maximum Gasteiger partial charge on any atom is 0.231 e. The number of rotatable bonds is 8. The molecule has 7 heteroatoms. The Bertz CT molecular complexity index is 1060. The van der Waals surface area contributed by atoms with Crippen molar-refractivity contribution in [2.24, 2.45) is 0 Å². The second-order valence-electron chi connectivity index (χ2n) is 8.30. The van der Waals surface area contributed by atoms with Crippen molar-refractivity contribution >= 4 is 5.91 Å². The van der Waals surface area contributed by atoms with Crippen molar-refractivity contribution in [3.63, 3.8) is 0 Å². The first-order valence-corrected chi connectivity index (χ1v) is 11.2. The number of ether oxygens (including phenoxy) is 2. The molecular formula is C25H28N4O3. The Morgan fingerprint density at radius 2 is 1.81 bits per heavy atom. The first-order valence-electron chi connectivity index (χ1n) is 11.2. The maximum absolute atomic E-state index is 13.4. The standard InChI is InChI=1S/C25H28N4O3/c30-25(17-20-8-9-23-24(16-20)32-19-31-23)28(15-14-27-12-4-5-13-27)18-22-10-11-26-29(22)21-6-2-1-3-7-21/h1-3,6-11,16H,4-5,12-15,17-19H2. The van der Waals surface area contributed by atoms with Crippen molar-refractivity contribution in [2.75, 3.05) is 33.0 Å². The van der Waals surface area contributed by atoms with Gasteiger partial charge in [0.05, 0.1) is 24.3 Å². The minimum Gasteiger partial charge on any atom is -0.454 e. The predicted octanol–water partition coefficient (Wildman–Crippen LogP) is 3.27. The molecule has 2 aromatic carbocycles. The Balaban J connectivity index is 1.33. The van der Waals surface area contributed by atoms with E-state index < -0.39 is 0 Å². The molecule has 0 N–H and O–H groups in total. The number of para-hydroxylation sites is 1. The zero-order valence-electron chi connectivity index (χ0n) is 18.2. The highest BCUT2D eigenvalue weighted by Gasteiger charge is 2.21. The van der Waals surface area contributed by atoms with Crippen molar-refractivity contribution in [2.45, 2.75) is 25.8 Å². The molecular weight excluding hydrogens is 404 g/mol. The van der Waals surface area contributed by atoms with Gasteiger partial charge in [-0.2, -0.15) is 5.10 Å². The van der Waals surface area contributed by atoms with Gasteiger partial charge in [-0.05, 0) is 61.8 Å². The van der Waals surface area contributed by atoms with Gasteiger partial charge >= 0.3 is 0 Å². The van der Waals surface area contributed by atoms with Gasteiger partial charge in [-0.25, -0.2) is 4.68 Å². The summed E-state index contributed by atoms with van der Waals surface area (Å²) in [6.45, 7) is 4.58. The van der Waals surface area contributed by atoms with E-state index in [9.17, 15) is 4.79 Å². The smallest absolute Gasteiger partial charge is 0.231 e. The van der Waals surface area contributed by atoms with Crippen LogP contribution >= 0.6 is 0 Å². The number of fused-ring (bicyclic) bond motifs is 1. The van der Waals surface area contributed by atoms with Crippen LogP contribution in [0.3, 0.4) is 0 Å². The van der Waals surface area contributed by atoms with Gasteiger partial charge in [0.15, 0.2) is 11.5 Å². The molecule has 2 aliphatic rings. The molecule has 0 aliphatic carbocycles. The third-order valence-corrected chi connectivity index (χ3v) is 6.10. The SMILES string of the molecule is O=C(Cc1ccc2c(c1)OCO2)N(CCN1CCCC1)Cc1ccnn1-c1ccccc1. The largest absolute Gasteiger partial charge is 0.454 e. The van der Waals surface area contributed by atoms with Gasteiger partial charge in [-0.15, -0.1) is 0 Å². The number of carbonyl (C=O) groups excluding carboxylic acids is 1. The highest BCUT2D eigenvalue weighted by atomic mass is 16.7. The Hall–Kier alpha value is -3.32. The molecule has 2 aliphatic heterocycles. The molecule has 32 heavy (non-hydrogen) atoms. The molecule has 3 aromatic rings. The molecule has 1 saturated heterocycles. The van der Waals surface area contributed by atoms with Crippen LogP contribution in [0.4, 0.5) is 0 Å². The van der Waals surface area contributed by atoms with E-state index in [-0.39, 0.29) is 12.7 Å². The lowest BCUT2D eigenvalue weighted by Gasteiger charge is -2.26. The average molecular weight is 433 g/mol. The predicted molar refractivity (Wildman–Crippen MR) is 121 cm³/mol. The van der Waals surface area contributed by atoms with Gasteiger partial charge in [-0.3, -0.25) is 4.79 Å². The summed E-state index contributed by atoms with van der Waals surface area (Å²) in [5, 5.41) is 4.50. The number of nitrogens with zero attached hydrogens (tertiary/aromatic N) is 4. The van der Waals surface area contributed by atoms with Crippen molar-refractivity contribution in [1.82, 2.24) is 19.6 Å². The van der Waals surface area contributed by atoms with Crippen LogP contribution in [0.2, 0.25) is 0 Å². The fourth-order valence-corrected chi connectivity index (χ4v) is 4.35. The second-order valence-corrected chi connectivity index (χ2v) is 8.30. The molecule has 5 rings (SSSR count). The summed E-state index contributed by atoms with van der Waals surface area (Å²) in [5.41, 5.74) is 2.92. The zero-order chi connectivity index (χ0) is 21.8. The Morgan fingerprint density at radius 3 is 2.66 bits per heavy atom. The lowest BCUT2D eigenvalue weighted by Crippen LogP contribution is -2.38. The van der Waals surface area contributed by atoms with E-state index in [1.54, 1.807) is 6.20 Å². The lowest BCUT2D eigenvalue weighted by atomic mass is 10.1. The van der Waals surface area contributed by atoms with E-state index in [2.05, 4.69) is 10.00 Å². The fourth-order valence-electron chi connectivity index (χ4n) is 4.35. The fraction of sp³-hybridized carbons (Fsp3) is 0.360. The summed E-state index contributed by atoms with van der Waals surface area (Å²) in [5.74, 6) is 1.55. The molecule has 0 radical (unpaired) electrons. The number of amides is 1. The topological polar surface area (TPSA) is 59.8 Å². The van der Waals surface area contributed by atoms with Crippen LogP contribution in [0.5, 0.6) is 11.5 Å². The van der Waals surface area contributed by atoms with Gasteiger partial charge in [0.1, 0.15) is 0 Å². The molecule has 0 atom stereocenters. The summed E-state index contributed by atoms with van der Waals surface area (Å²) in [7, 11) is 0. The highest BCUT2D eigenvalue weighted by molar-refractivity contribution is 5.79. The van der Waals surface area contributed by atoms with Gasteiger partial charge < -0.3 is 19.3 Å². The molecule has 7 nitrogen and oxygen atoms in total. The highest BCUT2D eigenvalue weighted by Crippen LogP contribution is 2.32. The number of benzene rings is 2. The summed E-state index contributed by atoms with van der Waals surface area (Å²) in [6.07, 6.45) is 4.61. The van der Waals surface area contributed by atoms with E-state index >= 15 is 0 Å². The third-order valence-electron chi connectivity index (χ3n) is 6.10. The van der Waals surface area contributed by atoms with Crippen LogP contribution in [-0.2, 0) is 17.8 Å². The second kappa shape index (κ2) is 9.44. The van der Waals surface area contributed by atoms with Crippen molar-refractivity contribution in [3.8, 4) is 17.2 Å². The monoisotopic (exact) mass is 432 g/mol. The van der Waals surface area contributed by atoms with Gasteiger partial charge in [-0.1, -0.05) is 24.3 Å². The van der Waals surface area contributed by atoms with Crippen molar-refractivity contribution in [1.29, 1.82) is 0 Å². The molecule has 0 unspecified atom stereocenters. The summed E-state index contributed by atoms with van der Waals surface area (Å²) >= 11 is 0. The molecule has 0 bridgehead atoms. The normalized spacial score (nSPS) is 15.2. The van der Waals surface area contributed by atoms with E-state index in [0.717, 1.165) is 42.3 Å². The van der Waals surface area contributed by atoms with E-state index in [1.165, 1.54) is 12.8 Å². The van der Waals surface area contributed by atoms with E-state index in [0.29, 0.717) is 25.3 Å². The van der Waals surface area contributed by atoms with Gasteiger partial charge in [0, 0.05) is 19.3 Å². The van der Waals surface area contributed by atoms with Crippen LogP contribution in [0.15, 0.2) is 60.8 Å². The first kappa shape index (κ1) is 20.6. The minimum absolute atomic E-state index is 0.101. The number of hydrogen-bond acceptors (Lipinski definition) is 5. The lowest BCUT2D eigenvalue weighted by molar-refractivity contribution is -0.131. The molecule has 3 heterocycles. The van der Waals surface area contributed by atoms with Crippen LogP contribution in [0, 0.1) is 0 Å². The van der Waals surface area contributed by atoms with Crippen LogP contribution in [0.25, 0.3) is 5.69 Å². The molecule has 1 amide bonds. The molecule has 1 fully saturated rings. The zero-order valence-corrected chi connectivity index (χ0v) is 18.2. The van der Waals surface area contributed by atoms with Gasteiger partial charge in [0.25, 0.3) is 0 Å². The summed E-state index contributed by atoms with van der Waals surface area (Å²) < 4.78 is 12.8. The van der Waals surface area contributed by atoms with Gasteiger partial charge in [0.2, 0.25) is 12.7 Å². The Morgan fingerprint density at radius 1 is 1.00 bits per heavy atom. The van der Waals surface area contributed by atoms with Crippen LogP contribution < -0.4 is 9.47 Å². The quantitative estimate of drug-likeness (QED) is 0.547. The molecule has 166 valence electrons. The number of carbonyl (C=O) groups is 1. The molecule has 0 spiro atoms. The molecule has 0 saturated carbocycles. The number of aromatic nitrogens is 2. The Kier molecular flexibility index (Phi) is 6.07. The first-order chi connectivity index (χ1) is 15.8. The van der Waals surface area contributed by atoms with Crippen LogP contribution in [-0.4, -0.2) is 58.5 Å². The van der Waals surface area contributed by atoms with Crippen molar-refractivity contribution < 1.29 is 14.3 Å². The molecule has 1 aromatic heterocycles. The van der Waals surface area contributed by atoms with Crippen molar-refractivity contribution in [3.05, 3.63) is 72.1 Å². The number of likely N-dealkylation sites (tertiary alicyclic amines) is 1. The van der Waals surface area contributed by atoms with Crippen LogP contribution in [0.1, 0.15) is 24.1 Å². The third kappa shape index (κ3) is 4.62. The number of hydrogen-bond donors (Lipinski definition) is 0.